The van der Waals surface area contributed by atoms with Crippen molar-refractivity contribution in [2.45, 2.75) is 32.3 Å². The number of aromatic nitrogens is 3. The Morgan fingerprint density at radius 3 is 2.53 bits per heavy atom. The second-order valence-electron chi connectivity index (χ2n) is 7.98. The van der Waals surface area contributed by atoms with Crippen LogP contribution in [0.15, 0.2) is 70.3 Å². The zero-order chi connectivity index (χ0) is 24.2. The van der Waals surface area contributed by atoms with Crippen molar-refractivity contribution in [1.82, 2.24) is 14.8 Å². The van der Waals surface area contributed by atoms with Gasteiger partial charge in [0.05, 0.1) is 17.0 Å². The standard InChI is InChI=1S/C26H25BrN4O2S/c1-4-18-6-9-20(10-7-18)28-24(33)15-34-26-30-29-25(21-14-19(27)8-12-23(21)32)31(26)22-11-5-16(2)13-17(22)3/h5-14,32H,4,15H2,1-3H3,(H,28,33). The molecule has 4 aromatic rings. The first-order valence-corrected chi connectivity index (χ1v) is 12.7. The van der Waals surface area contributed by atoms with E-state index in [4.69, 9.17) is 0 Å². The highest BCUT2D eigenvalue weighted by molar-refractivity contribution is 9.10. The Morgan fingerprint density at radius 1 is 1.06 bits per heavy atom. The third-order valence-electron chi connectivity index (χ3n) is 5.40. The molecule has 0 bridgehead atoms. The molecule has 34 heavy (non-hydrogen) atoms. The number of hydrogen-bond donors (Lipinski definition) is 2. The average molecular weight is 537 g/mol. The number of amides is 1. The van der Waals surface area contributed by atoms with Gasteiger partial charge in [0.15, 0.2) is 11.0 Å². The molecule has 0 aliphatic rings. The molecule has 1 amide bonds. The Hall–Kier alpha value is -3.10. The summed E-state index contributed by atoms with van der Waals surface area (Å²) in [6.07, 6.45) is 0.952. The van der Waals surface area contributed by atoms with Crippen LogP contribution >= 0.6 is 27.7 Å². The van der Waals surface area contributed by atoms with Gasteiger partial charge in [-0.25, -0.2) is 0 Å². The van der Waals surface area contributed by atoms with E-state index in [0.717, 1.165) is 33.4 Å². The molecule has 3 aromatic carbocycles. The number of benzene rings is 3. The van der Waals surface area contributed by atoms with Crippen LogP contribution in [0.1, 0.15) is 23.6 Å². The van der Waals surface area contributed by atoms with Gasteiger partial charge in [-0.3, -0.25) is 9.36 Å². The number of thioether (sulfide) groups is 1. The van der Waals surface area contributed by atoms with Crippen molar-refractivity contribution in [1.29, 1.82) is 0 Å². The van der Waals surface area contributed by atoms with Crippen LogP contribution < -0.4 is 5.32 Å². The lowest BCUT2D eigenvalue weighted by Gasteiger charge is -2.14. The first kappa shape index (κ1) is 24.0. The summed E-state index contributed by atoms with van der Waals surface area (Å²) in [6.45, 7) is 6.16. The first-order valence-electron chi connectivity index (χ1n) is 10.9. The van der Waals surface area contributed by atoms with Crippen molar-refractivity contribution in [3.8, 4) is 22.8 Å². The van der Waals surface area contributed by atoms with Gasteiger partial charge in [0.1, 0.15) is 5.75 Å². The maximum Gasteiger partial charge on any atom is 0.234 e. The Labute approximate surface area is 211 Å². The van der Waals surface area contributed by atoms with Crippen molar-refractivity contribution in [3.63, 3.8) is 0 Å². The monoisotopic (exact) mass is 536 g/mol. The molecule has 0 saturated carbocycles. The van der Waals surface area contributed by atoms with Crippen LogP contribution in [0, 0.1) is 13.8 Å². The number of nitrogens with one attached hydrogen (secondary N) is 1. The Kier molecular flexibility index (Phi) is 7.38. The van der Waals surface area contributed by atoms with Gasteiger partial charge in [-0.2, -0.15) is 0 Å². The summed E-state index contributed by atoms with van der Waals surface area (Å²) in [5.41, 5.74) is 5.61. The molecule has 0 aliphatic carbocycles. The van der Waals surface area contributed by atoms with Gasteiger partial charge in [0, 0.05) is 10.2 Å². The predicted molar refractivity (Wildman–Crippen MR) is 141 cm³/mol. The number of hydrogen-bond acceptors (Lipinski definition) is 5. The van der Waals surface area contributed by atoms with E-state index in [-0.39, 0.29) is 17.4 Å². The summed E-state index contributed by atoms with van der Waals surface area (Å²) in [5, 5.41) is 22.8. The molecule has 174 valence electrons. The van der Waals surface area contributed by atoms with Crippen LogP contribution in [0.5, 0.6) is 5.75 Å². The fourth-order valence-electron chi connectivity index (χ4n) is 3.65. The molecule has 0 unspecified atom stereocenters. The van der Waals surface area contributed by atoms with Gasteiger partial charge < -0.3 is 10.4 Å². The molecule has 1 heterocycles. The molecule has 0 fully saturated rings. The van der Waals surface area contributed by atoms with Crippen molar-refractivity contribution in [2.24, 2.45) is 0 Å². The number of phenolic OH excluding ortho intramolecular Hbond substituents is 1. The highest BCUT2D eigenvalue weighted by atomic mass is 79.9. The number of halogens is 1. The molecule has 0 spiro atoms. The summed E-state index contributed by atoms with van der Waals surface area (Å²) in [7, 11) is 0. The maximum absolute atomic E-state index is 12.6. The summed E-state index contributed by atoms with van der Waals surface area (Å²) < 4.78 is 2.71. The largest absolute Gasteiger partial charge is 0.507 e. The minimum absolute atomic E-state index is 0.103. The number of carbonyl (C=O) groups is 1. The minimum atomic E-state index is -0.128. The van der Waals surface area contributed by atoms with Crippen LogP contribution in [-0.4, -0.2) is 31.5 Å². The van der Waals surface area contributed by atoms with E-state index < -0.39 is 0 Å². The second kappa shape index (κ2) is 10.4. The smallest absolute Gasteiger partial charge is 0.234 e. The van der Waals surface area contributed by atoms with Gasteiger partial charge in [0.2, 0.25) is 5.91 Å². The number of nitrogens with zero attached hydrogens (tertiary/aromatic N) is 3. The molecule has 6 nitrogen and oxygen atoms in total. The summed E-state index contributed by atoms with van der Waals surface area (Å²) in [4.78, 5) is 12.6. The van der Waals surface area contributed by atoms with Crippen molar-refractivity contribution in [3.05, 3.63) is 81.8 Å². The minimum Gasteiger partial charge on any atom is -0.507 e. The van der Waals surface area contributed by atoms with Crippen LogP contribution in [0.3, 0.4) is 0 Å². The van der Waals surface area contributed by atoms with Crippen molar-refractivity contribution in [2.75, 3.05) is 11.1 Å². The molecule has 4 rings (SSSR count). The molecule has 0 radical (unpaired) electrons. The Bertz CT molecular complexity index is 1340. The number of anilines is 1. The van der Waals surface area contributed by atoms with Crippen LogP contribution in [0.4, 0.5) is 5.69 Å². The zero-order valence-corrected chi connectivity index (χ0v) is 21.6. The lowest BCUT2D eigenvalue weighted by Crippen LogP contribution is -2.14. The van der Waals surface area contributed by atoms with E-state index in [0.29, 0.717) is 16.5 Å². The van der Waals surface area contributed by atoms with E-state index in [1.165, 1.54) is 17.3 Å². The van der Waals surface area contributed by atoms with E-state index in [2.05, 4.69) is 44.4 Å². The molecule has 8 heteroatoms. The SMILES string of the molecule is CCc1ccc(NC(=O)CSc2nnc(-c3cc(Br)ccc3O)n2-c2ccc(C)cc2C)cc1. The fourth-order valence-corrected chi connectivity index (χ4v) is 4.76. The van der Waals surface area contributed by atoms with Crippen molar-refractivity contribution >= 4 is 39.3 Å². The van der Waals surface area contributed by atoms with Crippen LogP contribution in [0.25, 0.3) is 17.1 Å². The second-order valence-corrected chi connectivity index (χ2v) is 9.84. The van der Waals surface area contributed by atoms with Gasteiger partial charge >= 0.3 is 0 Å². The Balaban J connectivity index is 1.65. The molecule has 0 atom stereocenters. The number of carbonyl (C=O) groups excluding carboxylic acids is 1. The molecular formula is C26H25BrN4O2S. The van der Waals surface area contributed by atoms with E-state index in [1.807, 2.05) is 54.8 Å². The van der Waals surface area contributed by atoms with Crippen LogP contribution in [0.2, 0.25) is 0 Å². The zero-order valence-electron chi connectivity index (χ0n) is 19.2. The summed E-state index contributed by atoms with van der Waals surface area (Å²) in [6, 6.07) is 19.1. The normalized spacial score (nSPS) is 10.9. The lowest BCUT2D eigenvalue weighted by atomic mass is 10.1. The van der Waals surface area contributed by atoms with Crippen LogP contribution in [-0.2, 0) is 11.2 Å². The molecule has 0 saturated heterocycles. The number of aromatic hydroxyl groups is 1. The van der Waals surface area contributed by atoms with E-state index in [1.54, 1.807) is 18.2 Å². The number of aryl methyl sites for hydroxylation is 3. The highest BCUT2D eigenvalue weighted by Crippen LogP contribution is 2.35. The highest BCUT2D eigenvalue weighted by Gasteiger charge is 2.21. The van der Waals surface area contributed by atoms with Gasteiger partial charge in [-0.05, 0) is 67.8 Å². The molecule has 2 N–H and O–H groups in total. The van der Waals surface area contributed by atoms with Gasteiger partial charge in [-0.1, -0.05) is 64.4 Å². The van der Waals surface area contributed by atoms with Gasteiger partial charge in [-0.15, -0.1) is 10.2 Å². The molecule has 1 aromatic heterocycles. The number of rotatable bonds is 7. The third kappa shape index (κ3) is 5.34. The maximum atomic E-state index is 12.6. The summed E-state index contributed by atoms with van der Waals surface area (Å²) >= 11 is 4.77. The molecule has 0 aliphatic heterocycles. The third-order valence-corrected chi connectivity index (χ3v) is 6.83. The lowest BCUT2D eigenvalue weighted by molar-refractivity contribution is -0.113. The van der Waals surface area contributed by atoms with Crippen molar-refractivity contribution < 1.29 is 9.90 Å². The Morgan fingerprint density at radius 2 is 1.82 bits per heavy atom. The average Bonchev–Trinajstić information content (AvgIpc) is 3.23. The number of phenols is 1. The topological polar surface area (TPSA) is 80.0 Å². The predicted octanol–water partition coefficient (Wildman–Crippen LogP) is 6.31. The molecular weight excluding hydrogens is 512 g/mol. The fraction of sp³-hybridized carbons (Fsp3) is 0.192. The van der Waals surface area contributed by atoms with E-state index >= 15 is 0 Å². The quantitative estimate of drug-likeness (QED) is 0.270. The summed E-state index contributed by atoms with van der Waals surface area (Å²) in [5.74, 6) is 0.648. The first-order chi connectivity index (χ1) is 16.4. The van der Waals surface area contributed by atoms with E-state index in [9.17, 15) is 9.90 Å². The van der Waals surface area contributed by atoms with Gasteiger partial charge in [0.25, 0.3) is 0 Å².